The Morgan fingerprint density at radius 2 is 1.63 bits per heavy atom. The van der Waals surface area contributed by atoms with Crippen LogP contribution in [0.15, 0.2) is 71.6 Å². The van der Waals surface area contributed by atoms with E-state index in [2.05, 4.69) is 44.1 Å². The summed E-state index contributed by atoms with van der Waals surface area (Å²) in [7, 11) is 0. The molecule has 0 aliphatic heterocycles. The van der Waals surface area contributed by atoms with Crippen molar-refractivity contribution >= 4 is 15.9 Å². The van der Waals surface area contributed by atoms with Crippen molar-refractivity contribution in [3.63, 3.8) is 0 Å². The Labute approximate surface area is 120 Å². The second-order valence-corrected chi connectivity index (χ2v) is 5.10. The summed E-state index contributed by atoms with van der Waals surface area (Å²) in [6, 6.07) is 16.2. The number of nitrogens with zero attached hydrogens (tertiary/aromatic N) is 2. The molecule has 2 nitrogen and oxygen atoms in total. The molecule has 92 valence electrons. The van der Waals surface area contributed by atoms with Crippen molar-refractivity contribution in [2.24, 2.45) is 0 Å². The lowest BCUT2D eigenvalue weighted by molar-refractivity contribution is 1.30. The Bertz CT molecular complexity index is 679. The smallest absolute Gasteiger partial charge is 0.0702 e. The second kappa shape index (κ2) is 5.33. The summed E-state index contributed by atoms with van der Waals surface area (Å²) in [4.78, 5) is 8.64. The molecule has 0 N–H and O–H groups in total. The molecule has 0 radical (unpaired) electrons. The SMILES string of the molecule is Brc1cccc(-c2ccc(-c3cccnc3)cn2)c1. The zero-order valence-corrected chi connectivity index (χ0v) is 11.7. The molecule has 19 heavy (non-hydrogen) atoms. The van der Waals surface area contributed by atoms with Gasteiger partial charge in [0.2, 0.25) is 0 Å². The summed E-state index contributed by atoms with van der Waals surface area (Å²) in [5, 5.41) is 0. The zero-order valence-electron chi connectivity index (χ0n) is 10.1. The third-order valence-corrected chi connectivity index (χ3v) is 3.37. The van der Waals surface area contributed by atoms with E-state index in [9.17, 15) is 0 Å². The Morgan fingerprint density at radius 3 is 2.32 bits per heavy atom. The van der Waals surface area contributed by atoms with E-state index in [1.54, 1.807) is 6.20 Å². The van der Waals surface area contributed by atoms with Crippen LogP contribution >= 0.6 is 15.9 Å². The number of hydrogen-bond acceptors (Lipinski definition) is 2. The number of hydrogen-bond donors (Lipinski definition) is 0. The van der Waals surface area contributed by atoms with Crippen molar-refractivity contribution in [3.05, 3.63) is 71.6 Å². The van der Waals surface area contributed by atoms with E-state index in [1.807, 2.05) is 42.7 Å². The lowest BCUT2D eigenvalue weighted by Gasteiger charge is -2.04. The molecule has 3 rings (SSSR count). The first-order chi connectivity index (χ1) is 9.33. The Balaban J connectivity index is 1.95. The van der Waals surface area contributed by atoms with Crippen molar-refractivity contribution in [1.29, 1.82) is 0 Å². The van der Waals surface area contributed by atoms with Gasteiger partial charge in [-0.3, -0.25) is 9.97 Å². The molecule has 0 bridgehead atoms. The maximum atomic E-state index is 4.52. The Morgan fingerprint density at radius 1 is 0.789 bits per heavy atom. The lowest BCUT2D eigenvalue weighted by atomic mass is 10.1. The van der Waals surface area contributed by atoms with E-state index in [-0.39, 0.29) is 0 Å². The fraction of sp³-hybridized carbons (Fsp3) is 0. The Hall–Kier alpha value is -2.00. The summed E-state index contributed by atoms with van der Waals surface area (Å²) in [5.74, 6) is 0. The first-order valence-corrected chi connectivity index (χ1v) is 6.74. The second-order valence-electron chi connectivity index (χ2n) is 4.18. The van der Waals surface area contributed by atoms with Crippen LogP contribution in [0.3, 0.4) is 0 Å². The van der Waals surface area contributed by atoms with Gasteiger partial charge < -0.3 is 0 Å². The zero-order chi connectivity index (χ0) is 13.1. The van der Waals surface area contributed by atoms with E-state index in [0.29, 0.717) is 0 Å². The van der Waals surface area contributed by atoms with Crippen LogP contribution in [0.5, 0.6) is 0 Å². The molecule has 2 aromatic heterocycles. The predicted octanol–water partition coefficient (Wildman–Crippen LogP) is 4.57. The van der Waals surface area contributed by atoms with Gasteiger partial charge in [-0.25, -0.2) is 0 Å². The van der Waals surface area contributed by atoms with E-state index >= 15 is 0 Å². The Kier molecular flexibility index (Phi) is 3.38. The molecule has 0 amide bonds. The van der Waals surface area contributed by atoms with Gasteiger partial charge in [0.25, 0.3) is 0 Å². The summed E-state index contributed by atoms with van der Waals surface area (Å²) < 4.78 is 1.06. The van der Waals surface area contributed by atoms with E-state index in [1.165, 1.54) is 0 Å². The highest BCUT2D eigenvalue weighted by atomic mass is 79.9. The van der Waals surface area contributed by atoms with Gasteiger partial charge in [0, 0.05) is 39.8 Å². The molecule has 0 spiro atoms. The van der Waals surface area contributed by atoms with Crippen molar-refractivity contribution < 1.29 is 0 Å². The average Bonchev–Trinajstić information content (AvgIpc) is 2.48. The molecule has 0 atom stereocenters. The molecular formula is C16H11BrN2. The van der Waals surface area contributed by atoms with Crippen molar-refractivity contribution in [2.75, 3.05) is 0 Å². The molecule has 0 saturated carbocycles. The van der Waals surface area contributed by atoms with Crippen molar-refractivity contribution in [3.8, 4) is 22.4 Å². The van der Waals surface area contributed by atoms with Gasteiger partial charge in [0.05, 0.1) is 5.69 Å². The van der Waals surface area contributed by atoms with Crippen LogP contribution in [0.25, 0.3) is 22.4 Å². The van der Waals surface area contributed by atoms with Gasteiger partial charge >= 0.3 is 0 Å². The normalized spacial score (nSPS) is 10.4. The molecule has 0 fully saturated rings. The van der Waals surface area contributed by atoms with E-state index in [4.69, 9.17) is 0 Å². The quantitative estimate of drug-likeness (QED) is 0.692. The highest BCUT2D eigenvalue weighted by molar-refractivity contribution is 9.10. The van der Waals surface area contributed by atoms with Crippen LogP contribution in [-0.4, -0.2) is 9.97 Å². The molecule has 0 aliphatic rings. The first kappa shape index (κ1) is 12.1. The number of halogens is 1. The van der Waals surface area contributed by atoms with Gasteiger partial charge in [-0.05, 0) is 24.3 Å². The van der Waals surface area contributed by atoms with Gasteiger partial charge in [0.1, 0.15) is 0 Å². The highest BCUT2D eigenvalue weighted by Crippen LogP contribution is 2.23. The summed E-state index contributed by atoms with van der Waals surface area (Å²) in [6.45, 7) is 0. The van der Waals surface area contributed by atoms with Crippen LogP contribution < -0.4 is 0 Å². The van der Waals surface area contributed by atoms with Gasteiger partial charge in [0.15, 0.2) is 0 Å². The largest absolute Gasteiger partial charge is 0.264 e. The minimum atomic E-state index is 0.967. The molecule has 1 aromatic carbocycles. The van der Waals surface area contributed by atoms with E-state index in [0.717, 1.165) is 26.9 Å². The minimum absolute atomic E-state index is 0.967. The maximum Gasteiger partial charge on any atom is 0.0702 e. The van der Waals surface area contributed by atoms with Crippen LogP contribution in [0.4, 0.5) is 0 Å². The summed E-state index contributed by atoms with van der Waals surface area (Å²) in [6.07, 6.45) is 5.50. The monoisotopic (exact) mass is 310 g/mol. The third-order valence-electron chi connectivity index (χ3n) is 2.88. The van der Waals surface area contributed by atoms with Gasteiger partial charge in [-0.2, -0.15) is 0 Å². The molecule has 0 unspecified atom stereocenters. The third kappa shape index (κ3) is 2.71. The van der Waals surface area contributed by atoms with Gasteiger partial charge in [-0.1, -0.05) is 40.2 Å². The highest BCUT2D eigenvalue weighted by Gasteiger charge is 2.02. The van der Waals surface area contributed by atoms with E-state index < -0.39 is 0 Å². The van der Waals surface area contributed by atoms with Crippen LogP contribution in [-0.2, 0) is 0 Å². The fourth-order valence-electron chi connectivity index (χ4n) is 1.92. The standard InChI is InChI=1S/C16H11BrN2/c17-15-5-1-3-12(9-15)16-7-6-14(11-19-16)13-4-2-8-18-10-13/h1-11H. The molecule has 3 aromatic rings. The number of rotatable bonds is 2. The molecule has 0 saturated heterocycles. The topological polar surface area (TPSA) is 25.8 Å². The first-order valence-electron chi connectivity index (χ1n) is 5.95. The van der Waals surface area contributed by atoms with Gasteiger partial charge in [-0.15, -0.1) is 0 Å². The number of pyridine rings is 2. The van der Waals surface area contributed by atoms with Crippen LogP contribution in [0, 0.1) is 0 Å². The fourth-order valence-corrected chi connectivity index (χ4v) is 2.32. The molecule has 2 heterocycles. The molecular weight excluding hydrogens is 300 g/mol. The molecule has 3 heteroatoms. The van der Waals surface area contributed by atoms with Crippen LogP contribution in [0.1, 0.15) is 0 Å². The van der Waals surface area contributed by atoms with Crippen molar-refractivity contribution in [1.82, 2.24) is 9.97 Å². The lowest BCUT2D eigenvalue weighted by Crippen LogP contribution is -1.85. The average molecular weight is 311 g/mol. The van der Waals surface area contributed by atoms with Crippen molar-refractivity contribution in [2.45, 2.75) is 0 Å². The van der Waals surface area contributed by atoms with Crippen LogP contribution in [0.2, 0.25) is 0 Å². The number of benzene rings is 1. The summed E-state index contributed by atoms with van der Waals surface area (Å²) in [5.41, 5.74) is 4.23. The number of aromatic nitrogens is 2. The summed E-state index contributed by atoms with van der Waals surface area (Å²) >= 11 is 3.47. The predicted molar refractivity (Wildman–Crippen MR) is 80.6 cm³/mol. The maximum absolute atomic E-state index is 4.52. The minimum Gasteiger partial charge on any atom is -0.264 e. The molecule has 0 aliphatic carbocycles.